The summed E-state index contributed by atoms with van der Waals surface area (Å²) < 4.78 is 26.4. The molecule has 5 rings (SSSR count). The van der Waals surface area contributed by atoms with E-state index in [1.807, 2.05) is 47.3 Å². The highest BCUT2D eigenvalue weighted by Crippen LogP contribution is 2.26. The van der Waals surface area contributed by atoms with Gasteiger partial charge in [-0.15, -0.1) is 0 Å². The minimum atomic E-state index is -0.349. The summed E-state index contributed by atoms with van der Waals surface area (Å²) in [7, 11) is 1.62. The number of hydrogen-bond donors (Lipinski definition) is 0. The van der Waals surface area contributed by atoms with Crippen molar-refractivity contribution >= 4 is 0 Å². The first-order valence-corrected chi connectivity index (χ1v) is 9.25. The van der Waals surface area contributed by atoms with Crippen LogP contribution in [0.4, 0.5) is 4.39 Å². The lowest BCUT2D eigenvalue weighted by Gasteiger charge is -2.04. The first-order chi connectivity index (χ1) is 14.7. The van der Waals surface area contributed by atoms with Crippen LogP contribution in [0.3, 0.4) is 0 Å². The molecule has 2 aromatic carbocycles. The average molecular weight is 401 g/mol. The van der Waals surface area contributed by atoms with Gasteiger partial charge in [-0.3, -0.25) is 0 Å². The van der Waals surface area contributed by atoms with Crippen molar-refractivity contribution in [1.29, 1.82) is 0 Å². The highest BCUT2D eigenvalue weighted by Gasteiger charge is 2.16. The Kier molecular flexibility index (Phi) is 4.44. The molecule has 0 atom stereocenters. The number of hydrogen-bond acceptors (Lipinski definition) is 6. The zero-order valence-electron chi connectivity index (χ0n) is 16.0. The molecule has 0 bridgehead atoms. The first kappa shape index (κ1) is 18.0. The van der Waals surface area contributed by atoms with E-state index < -0.39 is 0 Å². The van der Waals surface area contributed by atoms with E-state index in [1.54, 1.807) is 25.3 Å². The van der Waals surface area contributed by atoms with Crippen molar-refractivity contribution in [2.24, 2.45) is 0 Å². The Hall–Kier alpha value is -4.07. The minimum absolute atomic E-state index is 0.349. The topological polar surface area (TPSA) is 78.9 Å². The van der Waals surface area contributed by atoms with Crippen LogP contribution in [0.25, 0.3) is 34.2 Å². The molecule has 0 radical (unpaired) electrons. The third kappa shape index (κ3) is 3.39. The lowest BCUT2D eigenvalue weighted by atomic mass is 10.2. The standard InChI is InChI=1S/C22H16FN5O2/c1-29-15-8-6-14(7-9-15)22-26-20(27-30-22)13-28-11-10-18-19(12-28)25-21(24-18)16-4-2-3-5-17(16)23/h2-12H,13H2,1H3. The fraction of sp³-hybridized carbons (Fsp3) is 0.0909. The molecule has 148 valence electrons. The van der Waals surface area contributed by atoms with Crippen LogP contribution in [-0.4, -0.2) is 31.8 Å². The Morgan fingerprint density at radius 1 is 0.967 bits per heavy atom. The number of imidazole rings is 1. The molecule has 0 fully saturated rings. The zero-order valence-corrected chi connectivity index (χ0v) is 16.0. The van der Waals surface area contributed by atoms with E-state index >= 15 is 0 Å². The van der Waals surface area contributed by atoms with Crippen LogP contribution in [0.2, 0.25) is 0 Å². The van der Waals surface area contributed by atoms with E-state index in [9.17, 15) is 4.39 Å². The highest BCUT2D eigenvalue weighted by molar-refractivity contribution is 5.65. The van der Waals surface area contributed by atoms with Crippen LogP contribution in [-0.2, 0) is 6.54 Å². The molecular weight excluding hydrogens is 385 g/mol. The number of benzene rings is 2. The number of methoxy groups -OCH3 is 1. The van der Waals surface area contributed by atoms with Crippen LogP contribution >= 0.6 is 0 Å². The molecule has 7 nitrogen and oxygen atoms in total. The molecule has 0 saturated heterocycles. The zero-order chi connectivity index (χ0) is 20.5. The average Bonchev–Trinajstić information content (AvgIpc) is 3.41. The molecule has 0 unspecified atom stereocenters. The van der Waals surface area contributed by atoms with Gasteiger partial charge in [-0.05, 0) is 42.5 Å². The number of rotatable bonds is 5. The Morgan fingerprint density at radius 2 is 1.77 bits per heavy atom. The molecule has 2 aliphatic heterocycles. The van der Waals surface area contributed by atoms with E-state index in [-0.39, 0.29) is 5.82 Å². The van der Waals surface area contributed by atoms with Crippen molar-refractivity contribution < 1.29 is 13.7 Å². The SMILES string of the molecule is COc1ccc(-c2nc(Cn3ccc4nc(-c5ccccc5F)nc-4c3)no2)cc1. The molecule has 0 N–H and O–H groups in total. The van der Waals surface area contributed by atoms with Gasteiger partial charge >= 0.3 is 0 Å². The Morgan fingerprint density at radius 3 is 2.57 bits per heavy atom. The van der Waals surface area contributed by atoms with Crippen molar-refractivity contribution in [3.8, 4) is 40.0 Å². The lowest BCUT2D eigenvalue weighted by molar-refractivity contribution is 0.413. The molecule has 0 saturated carbocycles. The van der Waals surface area contributed by atoms with Gasteiger partial charge in [-0.2, -0.15) is 4.98 Å². The lowest BCUT2D eigenvalue weighted by Crippen LogP contribution is -2.02. The Balaban J connectivity index is 1.39. The van der Waals surface area contributed by atoms with E-state index in [4.69, 9.17) is 9.26 Å². The van der Waals surface area contributed by atoms with Crippen LogP contribution in [0, 0.1) is 5.82 Å². The summed E-state index contributed by atoms with van der Waals surface area (Å²) in [5.74, 6) is 1.73. The van der Waals surface area contributed by atoms with Gasteiger partial charge in [-0.25, -0.2) is 14.4 Å². The summed E-state index contributed by atoms with van der Waals surface area (Å²) in [5.41, 5.74) is 2.54. The fourth-order valence-electron chi connectivity index (χ4n) is 3.15. The first-order valence-electron chi connectivity index (χ1n) is 9.25. The maximum Gasteiger partial charge on any atom is 0.257 e. The fourth-order valence-corrected chi connectivity index (χ4v) is 3.15. The second-order valence-electron chi connectivity index (χ2n) is 6.66. The summed E-state index contributed by atoms with van der Waals surface area (Å²) in [5, 5.41) is 4.05. The monoisotopic (exact) mass is 401 g/mol. The summed E-state index contributed by atoms with van der Waals surface area (Å²) in [6, 6.07) is 15.7. The number of aromatic nitrogens is 5. The van der Waals surface area contributed by atoms with Crippen LogP contribution in [0.1, 0.15) is 5.82 Å². The molecular formula is C22H16FN5O2. The normalized spacial score (nSPS) is 11.1. The number of pyridine rings is 1. The van der Waals surface area contributed by atoms with Crippen molar-refractivity contribution in [2.45, 2.75) is 6.54 Å². The number of ether oxygens (including phenoxy) is 1. The van der Waals surface area contributed by atoms with Gasteiger partial charge in [0.2, 0.25) is 0 Å². The van der Waals surface area contributed by atoms with E-state index in [2.05, 4.69) is 20.1 Å². The Labute approximate surface area is 171 Å². The Bertz CT molecular complexity index is 1280. The molecule has 8 heteroatoms. The largest absolute Gasteiger partial charge is 0.497 e. The molecule has 0 amide bonds. The van der Waals surface area contributed by atoms with Gasteiger partial charge in [0, 0.05) is 18.0 Å². The minimum Gasteiger partial charge on any atom is -0.497 e. The number of nitrogens with zero attached hydrogens (tertiary/aromatic N) is 5. The predicted octanol–water partition coefficient (Wildman–Crippen LogP) is 4.30. The molecule has 3 heterocycles. The second-order valence-corrected chi connectivity index (χ2v) is 6.66. The number of fused-ring (bicyclic) bond motifs is 1. The van der Waals surface area contributed by atoms with E-state index in [1.165, 1.54) is 6.07 Å². The molecule has 0 spiro atoms. The van der Waals surface area contributed by atoms with Gasteiger partial charge in [0.15, 0.2) is 11.6 Å². The van der Waals surface area contributed by atoms with E-state index in [0.29, 0.717) is 41.0 Å². The second kappa shape index (κ2) is 7.40. The van der Waals surface area contributed by atoms with Gasteiger partial charge < -0.3 is 13.8 Å². The van der Waals surface area contributed by atoms with Gasteiger partial charge in [-0.1, -0.05) is 17.3 Å². The summed E-state index contributed by atoms with van der Waals surface area (Å²) in [6.45, 7) is 0.400. The van der Waals surface area contributed by atoms with Crippen molar-refractivity contribution in [2.75, 3.05) is 7.11 Å². The van der Waals surface area contributed by atoms with Gasteiger partial charge in [0.05, 0.1) is 24.9 Å². The molecule has 1 aromatic heterocycles. The van der Waals surface area contributed by atoms with Crippen molar-refractivity contribution in [3.05, 3.63) is 78.6 Å². The van der Waals surface area contributed by atoms with Crippen LogP contribution in [0.5, 0.6) is 5.75 Å². The summed E-state index contributed by atoms with van der Waals surface area (Å²) in [6.07, 6.45) is 3.68. The maximum absolute atomic E-state index is 14.0. The maximum atomic E-state index is 14.0. The third-order valence-electron chi connectivity index (χ3n) is 4.67. The van der Waals surface area contributed by atoms with Crippen molar-refractivity contribution in [3.63, 3.8) is 0 Å². The molecule has 0 aliphatic carbocycles. The van der Waals surface area contributed by atoms with Gasteiger partial charge in [0.25, 0.3) is 5.89 Å². The molecule has 3 aromatic rings. The quantitative estimate of drug-likeness (QED) is 0.437. The van der Waals surface area contributed by atoms with Crippen molar-refractivity contribution in [1.82, 2.24) is 24.7 Å². The van der Waals surface area contributed by atoms with E-state index in [0.717, 1.165) is 11.3 Å². The third-order valence-corrected chi connectivity index (χ3v) is 4.67. The number of halogens is 1. The predicted molar refractivity (Wildman–Crippen MR) is 107 cm³/mol. The van der Waals surface area contributed by atoms with Gasteiger partial charge in [0.1, 0.15) is 17.3 Å². The molecule has 30 heavy (non-hydrogen) atoms. The summed E-state index contributed by atoms with van der Waals surface area (Å²) >= 11 is 0. The highest BCUT2D eigenvalue weighted by atomic mass is 19.1. The van der Waals surface area contributed by atoms with Crippen LogP contribution in [0.15, 0.2) is 71.5 Å². The smallest absolute Gasteiger partial charge is 0.257 e. The van der Waals surface area contributed by atoms with Crippen LogP contribution < -0.4 is 4.74 Å². The summed E-state index contributed by atoms with van der Waals surface area (Å²) in [4.78, 5) is 13.3. The molecule has 2 aliphatic rings.